The van der Waals surface area contributed by atoms with Crippen LogP contribution in [0.2, 0.25) is 0 Å². The van der Waals surface area contributed by atoms with Crippen LogP contribution in [0.1, 0.15) is 51.5 Å². The van der Waals surface area contributed by atoms with Gasteiger partial charge in [-0.3, -0.25) is 4.79 Å². The van der Waals surface area contributed by atoms with E-state index in [2.05, 4.69) is 23.9 Å². The van der Waals surface area contributed by atoms with Crippen LogP contribution in [-0.4, -0.2) is 49.3 Å². The first-order valence-corrected chi connectivity index (χ1v) is 11.1. The Morgan fingerprint density at radius 2 is 1.93 bits per heavy atom. The van der Waals surface area contributed by atoms with Crippen LogP contribution in [0.3, 0.4) is 0 Å². The second kappa shape index (κ2) is 10.6. The van der Waals surface area contributed by atoms with Crippen LogP contribution >= 0.6 is 0 Å². The minimum Gasteiger partial charge on any atom is -0.385 e. The Morgan fingerprint density at radius 3 is 2.57 bits per heavy atom. The van der Waals surface area contributed by atoms with Crippen LogP contribution in [0.5, 0.6) is 0 Å². The Bertz CT molecular complexity index is 797. The first-order chi connectivity index (χ1) is 14.5. The fourth-order valence-electron chi connectivity index (χ4n) is 4.07. The van der Waals surface area contributed by atoms with Gasteiger partial charge in [0.2, 0.25) is 11.8 Å². The molecular formula is C24H35N3O3. The van der Waals surface area contributed by atoms with Gasteiger partial charge in [0, 0.05) is 44.8 Å². The van der Waals surface area contributed by atoms with Crippen molar-refractivity contribution in [3.8, 4) is 11.3 Å². The maximum atomic E-state index is 13.3. The van der Waals surface area contributed by atoms with Crippen molar-refractivity contribution >= 4 is 11.8 Å². The Labute approximate surface area is 180 Å². The van der Waals surface area contributed by atoms with E-state index < -0.39 is 0 Å². The average molecular weight is 414 g/mol. The van der Waals surface area contributed by atoms with Crippen molar-refractivity contribution in [3.63, 3.8) is 0 Å². The fourth-order valence-corrected chi connectivity index (χ4v) is 4.07. The van der Waals surface area contributed by atoms with Crippen molar-refractivity contribution in [2.75, 3.05) is 32.2 Å². The van der Waals surface area contributed by atoms with E-state index in [1.54, 1.807) is 7.11 Å². The molecular weight excluding hydrogens is 378 g/mol. The molecule has 1 aromatic heterocycles. The average Bonchev–Trinajstić information content (AvgIpc) is 3.43. The van der Waals surface area contributed by atoms with Crippen molar-refractivity contribution in [2.24, 2.45) is 5.92 Å². The van der Waals surface area contributed by atoms with Crippen LogP contribution in [-0.2, 0) is 16.1 Å². The maximum Gasteiger partial charge on any atom is 0.232 e. The summed E-state index contributed by atoms with van der Waals surface area (Å²) in [5, 5.41) is 4.42. The number of hydrogen-bond donors (Lipinski definition) is 0. The summed E-state index contributed by atoms with van der Waals surface area (Å²) in [6.45, 7) is 6.05. The highest BCUT2D eigenvalue weighted by molar-refractivity contribution is 5.80. The second-order valence-electron chi connectivity index (χ2n) is 8.47. The molecule has 1 aromatic carbocycles. The van der Waals surface area contributed by atoms with E-state index in [0.29, 0.717) is 19.7 Å². The Hall–Kier alpha value is -2.34. The number of aromatic nitrogens is 1. The van der Waals surface area contributed by atoms with Gasteiger partial charge < -0.3 is 19.1 Å². The highest BCUT2D eigenvalue weighted by atomic mass is 16.5. The molecule has 30 heavy (non-hydrogen) atoms. The van der Waals surface area contributed by atoms with Crippen LogP contribution in [0, 0.1) is 5.92 Å². The van der Waals surface area contributed by atoms with E-state index in [1.807, 2.05) is 42.3 Å². The van der Waals surface area contributed by atoms with E-state index in [0.717, 1.165) is 54.8 Å². The normalized spacial score (nSPS) is 14.4. The van der Waals surface area contributed by atoms with Gasteiger partial charge in [-0.25, -0.2) is 0 Å². The number of nitrogens with zero attached hydrogens (tertiary/aromatic N) is 3. The summed E-state index contributed by atoms with van der Waals surface area (Å²) in [6, 6.07) is 10.3. The molecule has 0 spiro atoms. The van der Waals surface area contributed by atoms with Crippen LogP contribution in [0.25, 0.3) is 11.3 Å². The second-order valence-corrected chi connectivity index (χ2v) is 8.47. The van der Waals surface area contributed by atoms with Crippen molar-refractivity contribution < 1.29 is 14.1 Å². The van der Waals surface area contributed by atoms with E-state index in [1.165, 1.54) is 0 Å². The Balaban J connectivity index is 1.94. The minimum absolute atomic E-state index is 0.138. The summed E-state index contributed by atoms with van der Waals surface area (Å²) >= 11 is 0. The zero-order valence-electron chi connectivity index (χ0n) is 18.8. The molecule has 0 unspecified atom stereocenters. The predicted octanol–water partition coefficient (Wildman–Crippen LogP) is 4.74. The molecule has 3 rings (SSSR count). The van der Waals surface area contributed by atoms with Gasteiger partial charge in [0.1, 0.15) is 5.69 Å². The maximum absolute atomic E-state index is 13.3. The van der Waals surface area contributed by atoms with Gasteiger partial charge in [0.15, 0.2) is 0 Å². The van der Waals surface area contributed by atoms with Crippen molar-refractivity contribution in [1.82, 2.24) is 10.1 Å². The lowest BCUT2D eigenvalue weighted by molar-refractivity contribution is -0.136. The van der Waals surface area contributed by atoms with E-state index in [-0.39, 0.29) is 17.9 Å². The lowest BCUT2D eigenvalue weighted by atomic mass is 10.0. The molecule has 164 valence electrons. The molecule has 0 atom stereocenters. The third-order valence-corrected chi connectivity index (χ3v) is 6.05. The summed E-state index contributed by atoms with van der Waals surface area (Å²) in [4.78, 5) is 17.4. The van der Waals surface area contributed by atoms with Crippen molar-refractivity contribution in [3.05, 3.63) is 35.9 Å². The molecule has 0 radical (unpaired) electrons. The Morgan fingerprint density at radius 1 is 1.23 bits per heavy atom. The number of benzene rings is 1. The Kier molecular flexibility index (Phi) is 7.91. The van der Waals surface area contributed by atoms with Gasteiger partial charge in [0.05, 0.1) is 12.1 Å². The SMILES string of the molecule is COCCCN(Cc1c(-c2ccccc2)noc1N(C)C(C)C)C(=O)C1CCCC1. The standard InChI is InChI=1S/C24H35N3O3/c1-18(2)26(3)24-21(22(25-30-24)19-11-6-5-7-12-19)17-27(15-10-16-29-4)23(28)20-13-8-9-14-20/h5-7,11-12,18,20H,8-10,13-17H2,1-4H3. The number of methoxy groups -OCH3 is 1. The first-order valence-electron chi connectivity index (χ1n) is 11.1. The third-order valence-electron chi connectivity index (χ3n) is 6.05. The summed E-state index contributed by atoms with van der Waals surface area (Å²) < 4.78 is 11.1. The first kappa shape index (κ1) is 22.3. The third kappa shape index (κ3) is 5.22. The molecule has 6 heteroatoms. The van der Waals surface area contributed by atoms with Gasteiger partial charge in [-0.1, -0.05) is 48.3 Å². The molecule has 0 saturated heterocycles. The van der Waals surface area contributed by atoms with Crippen LogP contribution in [0.15, 0.2) is 34.9 Å². The number of ether oxygens (including phenoxy) is 1. The van der Waals surface area contributed by atoms with Crippen molar-refractivity contribution in [2.45, 2.75) is 58.5 Å². The number of amides is 1. The smallest absolute Gasteiger partial charge is 0.232 e. The largest absolute Gasteiger partial charge is 0.385 e. The summed E-state index contributed by atoms with van der Waals surface area (Å²) in [6.07, 6.45) is 5.09. The quantitative estimate of drug-likeness (QED) is 0.527. The summed E-state index contributed by atoms with van der Waals surface area (Å²) in [5.74, 6) is 1.13. The molecule has 1 aliphatic carbocycles. The van der Waals surface area contributed by atoms with Gasteiger partial charge in [-0.05, 0) is 33.1 Å². The zero-order valence-corrected chi connectivity index (χ0v) is 18.8. The number of rotatable bonds is 10. The van der Waals surface area contributed by atoms with Gasteiger partial charge in [0.25, 0.3) is 0 Å². The highest BCUT2D eigenvalue weighted by Gasteiger charge is 2.30. The molecule has 1 fully saturated rings. The van der Waals surface area contributed by atoms with E-state index >= 15 is 0 Å². The molecule has 1 heterocycles. The predicted molar refractivity (Wildman–Crippen MR) is 119 cm³/mol. The molecule has 1 amide bonds. The molecule has 0 bridgehead atoms. The van der Waals surface area contributed by atoms with E-state index in [9.17, 15) is 4.79 Å². The number of anilines is 1. The number of carbonyl (C=O) groups is 1. The van der Waals surface area contributed by atoms with E-state index in [4.69, 9.17) is 9.26 Å². The molecule has 0 N–H and O–H groups in total. The zero-order chi connectivity index (χ0) is 21.5. The molecule has 1 saturated carbocycles. The van der Waals surface area contributed by atoms with Gasteiger partial charge in [-0.15, -0.1) is 0 Å². The van der Waals surface area contributed by atoms with Crippen molar-refractivity contribution in [1.29, 1.82) is 0 Å². The number of hydrogen-bond acceptors (Lipinski definition) is 5. The molecule has 0 aliphatic heterocycles. The highest BCUT2D eigenvalue weighted by Crippen LogP contribution is 2.34. The molecule has 2 aromatic rings. The summed E-state index contributed by atoms with van der Waals surface area (Å²) in [5.41, 5.74) is 2.79. The van der Waals surface area contributed by atoms with Gasteiger partial charge >= 0.3 is 0 Å². The molecule has 6 nitrogen and oxygen atoms in total. The number of carbonyl (C=O) groups excluding carboxylic acids is 1. The lowest BCUT2D eigenvalue weighted by Crippen LogP contribution is -2.37. The molecule has 1 aliphatic rings. The topological polar surface area (TPSA) is 58.8 Å². The summed E-state index contributed by atoms with van der Waals surface area (Å²) in [7, 11) is 3.71. The lowest BCUT2D eigenvalue weighted by Gasteiger charge is -2.27. The monoisotopic (exact) mass is 413 g/mol. The van der Waals surface area contributed by atoms with Gasteiger partial charge in [-0.2, -0.15) is 0 Å². The fraction of sp³-hybridized carbons (Fsp3) is 0.583. The van der Waals surface area contributed by atoms with Crippen LogP contribution < -0.4 is 4.90 Å². The minimum atomic E-state index is 0.138. The van der Waals surface area contributed by atoms with Crippen LogP contribution in [0.4, 0.5) is 5.88 Å².